The molecule has 0 unspecified atom stereocenters. The van der Waals surface area contributed by atoms with Crippen molar-refractivity contribution in [2.75, 3.05) is 13.2 Å². The highest BCUT2D eigenvalue weighted by Crippen LogP contribution is 2.00. The van der Waals surface area contributed by atoms with E-state index in [0.29, 0.717) is 13.2 Å². The summed E-state index contributed by atoms with van der Waals surface area (Å²) >= 11 is 5.41. The number of halogens is 1. The van der Waals surface area contributed by atoms with Crippen molar-refractivity contribution in [3.63, 3.8) is 0 Å². The quantitative estimate of drug-likeness (QED) is 0.464. The lowest BCUT2D eigenvalue weighted by atomic mass is 10.7. The van der Waals surface area contributed by atoms with Gasteiger partial charge in [0.15, 0.2) is 0 Å². The number of alkyl halides is 1. The van der Waals surface area contributed by atoms with Gasteiger partial charge < -0.3 is 9.47 Å². The van der Waals surface area contributed by atoms with E-state index < -0.39 is 11.5 Å². The van der Waals surface area contributed by atoms with Crippen LogP contribution in [0.25, 0.3) is 0 Å². The number of hydrogen-bond donors (Lipinski definition) is 0. The second-order valence-electron chi connectivity index (χ2n) is 1.52. The second kappa shape index (κ2) is 5.50. The lowest BCUT2D eigenvalue weighted by molar-refractivity contribution is -0.151. The van der Waals surface area contributed by atoms with Crippen LogP contribution >= 0.6 is 11.6 Å². The Morgan fingerprint density at radius 3 is 2.50 bits per heavy atom. The van der Waals surface area contributed by atoms with Crippen molar-refractivity contribution in [1.82, 2.24) is 0 Å². The molecule has 0 saturated heterocycles. The van der Waals surface area contributed by atoms with E-state index in [1.807, 2.05) is 0 Å². The minimum Gasteiger partial charge on any atom is -0.463 e. The number of carbonyl (C=O) groups excluding carboxylic acids is 1. The van der Waals surface area contributed by atoms with Crippen molar-refractivity contribution < 1.29 is 14.3 Å². The van der Waals surface area contributed by atoms with Gasteiger partial charge in [-0.15, -0.1) is 0 Å². The Labute approximate surface area is 65.3 Å². The molecule has 0 aliphatic carbocycles. The Morgan fingerprint density at radius 1 is 1.50 bits per heavy atom. The van der Waals surface area contributed by atoms with Crippen LogP contribution in [0.4, 0.5) is 0 Å². The maximum absolute atomic E-state index is 10.7. The second-order valence-corrected chi connectivity index (χ2v) is 1.92. The summed E-state index contributed by atoms with van der Waals surface area (Å²) in [5.74, 6) is -0.522. The molecule has 0 fully saturated rings. The summed E-state index contributed by atoms with van der Waals surface area (Å²) in [4.78, 5) is 10.7. The normalized spacial score (nSPS) is 12.7. The van der Waals surface area contributed by atoms with Crippen molar-refractivity contribution in [3.8, 4) is 0 Å². The fourth-order valence-electron chi connectivity index (χ4n) is 0.422. The van der Waals surface area contributed by atoms with Gasteiger partial charge in [0.2, 0.25) is 5.56 Å². The van der Waals surface area contributed by atoms with Gasteiger partial charge in [0.1, 0.15) is 0 Å². The molecule has 0 aliphatic rings. The van der Waals surface area contributed by atoms with E-state index in [2.05, 4.69) is 4.74 Å². The highest BCUT2D eigenvalue weighted by atomic mass is 35.5. The molecule has 0 aromatic heterocycles. The van der Waals surface area contributed by atoms with Crippen LogP contribution in [0.15, 0.2) is 0 Å². The van der Waals surface area contributed by atoms with Crippen molar-refractivity contribution >= 4 is 17.6 Å². The third kappa shape index (κ3) is 3.69. The van der Waals surface area contributed by atoms with Crippen LogP contribution in [-0.2, 0) is 14.3 Å². The van der Waals surface area contributed by atoms with Gasteiger partial charge in [-0.3, -0.25) is 0 Å². The SMILES string of the molecule is CCOC(=O)[C@@H](Cl)OCC. The van der Waals surface area contributed by atoms with Gasteiger partial charge in [0, 0.05) is 6.61 Å². The molecule has 0 aromatic rings. The molecule has 1 atom stereocenters. The predicted molar refractivity (Wildman–Crippen MR) is 37.9 cm³/mol. The predicted octanol–water partition coefficient (Wildman–Crippen LogP) is 1.15. The first-order valence-corrected chi connectivity index (χ1v) is 3.58. The number of carbonyl (C=O) groups is 1. The maximum atomic E-state index is 10.7. The molecule has 0 bridgehead atoms. The molecule has 0 N–H and O–H groups in total. The topological polar surface area (TPSA) is 35.5 Å². The zero-order valence-corrected chi connectivity index (χ0v) is 6.85. The molecule has 10 heavy (non-hydrogen) atoms. The van der Waals surface area contributed by atoms with Crippen LogP contribution in [-0.4, -0.2) is 24.7 Å². The minimum atomic E-state index is -0.954. The third-order valence-corrected chi connectivity index (χ3v) is 1.09. The van der Waals surface area contributed by atoms with Gasteiger partial charge in [0.05, 0.1) is 6.61 Å². The summed E-state index contributed by atoms with van der Waals surface area (Å²) in [7, 11) is 0. The minimum absolute atomic E-state index is 0.328. The van der Waals surface area contributed by atoms with E-state index in [-0.39, 0.29) is 0 Å². The first-order chi connectivity index (χ1) is 4.72. The summed E-state index contributed by atoms with van der Waals surface area (Å²) < 4.78 is 9.31. The Hall–Kier alpha value is -0.280. The Balaban J connectivity index is 3.49. The standard InChI is InChI=1S/C6H11ClO3/c1-3-9-5(7)6(8)10-4-2/h5H,3-4H2,1-2H3/t5-/m0/s1. The highest BCUT2D eigenvalue weighted by molar-refractivity contribution is 6.28. The van der Waals surface area contributed by atoms with E-state index in [1.54, 1.807) is 13.8 Å². The summed E-state index contributed by atoms with van der Waals surface area (Å²) in [6.07, 6.45) is 0. The van der Waals surface area contributed by atoms with Crippen LogP contribution < -0.4 is 0 Å². The molecule has 0 aliphatic heterocycles. The lowest BCUT2D eigenvalue weighted by Gasteiger charge is -2.06. The van der Waals surface area contributed by atoms with Crippen molar-refractivity contribution in [3.05, 3.63) is 0 Å². The zero-order valence-electron chi connectivity index (χ0n) is 6.09. The van der Waals surface area contributed by atoms with Crippen molar-refractivity contribution in [1.29, 1.82) is 0 Å². The summed E-state index contributed by atoms with van der Waals surface area (Å²) in [5.41, 5.74) is -0.954. The first-order valence-electron chi connectivity index (χ1n) is 3.14. The molecular formula is C6H11ClO3. The molecule has 0 aromatic carbocycles. The number of ether oxygens (including phenoxy) is 2. The molecule has 0 radical (unpaired) electrons. The van der Waals surface area contributed by atoms with Crippen LogP contribution in [0.3, 0.4) is 0 Å². The van der Waals surface area contributed by atoms with Crippen LogP contribution in [0.2, 0.25) is 0 Å². The maximum Gasteiger partial charge on any atom is 0.350 e. The Bertz CT molecular complexity index is 105. The monoisotopic (exact) mass is 166 g/mol. The molecular weight excluding hydrogens is 156 g/mol. The van der Waals surface area contributed by atoms with Gasteiger partial charge in [-0.2, -0.15) is 0 Å². The number of hydrogen-bond acceptors (Lipinski definition) is 3. The van der Waals surface area contributed by atoms with Gasteiger partial charge in [-0.25, -0.2) is 4.79 Å². The van der Waals surface area contributed by atoms with Gasteiger partial charge in [-0.1, -0.05) is 11.6 Å². The molecule has 0 spiro atoms. The molecule has 0 rings (SSSR count). The molecule has 60 valence electrons. The van der Waals surface area contributed by atoms with E-state index in [1.165, 1.54) is 0 Å². The van der Waals surface area contributed by atoms with E-state index in [0.717, 1.165) is 0 Å². The molecule has 0 heterocycles. The highest BCUT2D eigenvalue weighted by Gasteiger charge is 2.14. The van der Waals surface area contributed by atoms with E-state index in [4.69, 9.17) is 16.3 Å². The summed E-state index contributed by atoms with van der Waals surface area (Å²) in [6, 6.07) is 0. The molecule has 3 nitrogen and oxygen atoms in total. The average molecular weight is 167 g/mol. The van der Waals surface area contributed by atoms with Gasteiger partial charge in [-0.05, 0) is 13.8 Å². The number of rotatable bonds is 4. The Morgan fingerprint density at radius 2 is 2.10 bits per heavy atom. The summed E-state index contributed by atoms with van der Waals surface area (Å²) in [5, 5.41) is 0. The van der Waals surface area contributed by atoms with Gasteiger partial charge in [0.25, 0.3) is 0 Å². The molecule has 4 heteroatoms. The third-order valence-electron chi connectivity index (χ3n) is 0.785. The molecule has 0 amide bonds. The van der Waals surface area contributed by atoms with Gasteiger partial charge >= 0.3 is 5.97 Å². The van der Waals surface area contributed by atoms with Crippen LogP contribution in [0, 0.1) is 0 Å². The number of esters is 1. The first kappa shape index (κ1) is 9.72. The van der Waals surface area contributed by atoms with E-state index in [9.17, 15) is 4.79 Å². The fraction of sp³-hybridized carbons (Fsp3) is 0.833. The van der Waals surface area contributed by atoms with Crippen LogP contribution in [0.1, 0.15) is 13.8 Å². The fourth-order valence-corrected chi connectivity index (χ4v) is 0.611. The molecule has 0 saturated carbocycles. The lowest BCUT2D eigenvalue weighted by Crippen LogP contribution is -2.20. The van der Waals surface area contributed by atoms with Crippen LogP contribution in [0.5, 0.6) is 0 Å². The average Bonchev–Trinajstić information content (AvgIpc) is 1.89. The zero-order chi connectivity index (χ0) is 7.98. The smallest absolute Gasteiger partial charge is 0.350 e. The largest absolute Gasteiger partial charge is 0.463 e. The van der Waals surface area contributed by atoms with Crippen molar-refractivity contribution in [2.45, 2.75) is 19.4 Å². The summed E-state index contributed by atoms with van der Waals surface area (Å²) in [6.45, 7) is 4.21. The Kier molecular flexibility index (Phi) is 5.35. The van der Waals surface area contributed by atoms with E-state index >= 15 is 0 Å². The van der Waals surface area contributed by atoms with Crippen molar-refractivity contribution in [2.24, 2.45) is 0 Å².